The van der Waals surface area contributed by atoms with Gasteiger partial charge in [0.2, 0.25) is 0 Å². The lowest BCUT2D eigenvalue weighted by Crippen LogP contribution is -2.50. The number of hydrogen-bond donors (Lipinski definition) is 1. The number of ether oxygens (including phenoxy) is 1. The van der Waals surface area contributed by atoms with Crippen molar-refractivity contribution in [1.29, 1.82) is 0 Å². The van der Waals surface area contributed by atoms with Gasteiger partial charge < -0.3 is 15.0 Å². The summed E-state index contributed by atoms with van der Waals surface area (Å²) in [5.41, 5.74) is 3.57. The first-order chi connectivity index (χ1) is 15.3. The summed E-state index contributed by atoms with van der Waals surface area (Å²) in [6.45, 7) is 5.20. The topological polar surface area (TPSA) is 53.0 Å². The van der Waals surface area contributed by atoms with Crippen LogP contribution < -0.4 is 5.32 Å². The van der Waals surface area contributed by atoms with E-state index >= 15 is 0 Å². The van der Waals surface area contributed by atoms with E-state index in [4.69, 9.17) is 4.74 Å². The third-order valence-corrected chi connectivity index (χ3v) is 6.31. The predicted molar refractivity (Wildman–Crippen MR) is 139 cm³/mol. The number of morpholine rings is 1. The van der Waals surface area contributed by atoms with Gasteiger partial charge in [-0.05, 0) is 17.2 Å². The van der Waals surface area contributed by atoms with E-state index in [0.717, 1.165) is 49.6 Å². The van der Waals surface area contributed by atoms with Gasteiger partial charge in [0.25, 0.3) is 0 Å². The van der Waals surface area contributed by atoms with Gasteiger partial charge in [-0.25, -0.2) is 0 Å². The summed E-state index contributed by atoms with van der Waals surface area (Å²) >= 11 is 0. The van der Waals surface area contributed by atoms with Crippen LogP contribution in [-0.2, 0) is 17.8 Å². The highest BCUT2D eigenvalue weighted by atomic mass is 127. The highest BCUT2D eigenvalue weighted by Crippen LogP contribution is 2.25. The van der Waals surface area contributed by atoms with Crippen LogP contribution in [0.2, 0.25) is 0 Å². The molecule has 32 heavy (non-hydrogen) atoms. The normalized spacial score (nSPS) is 21.3. The fourth-order valence-corrected chi connectivity index (χ4v) is 4.76. The Labute approximate surface area is 206 Å². The van der Waals surface area contributed by atoms with Crippen LogP contribution in [0.4, 0.5) is 0 Å². The van der Waals surface area contributed by atoms with E-state index in [1.165, 1.54) is 11.1 Å². The number of nitrogens with zero attached hydrogens (tertiary/aromatic N) is 4. The number of hydrogen-bond acceptors (Lipinski definition) is 4. The van der Waals surface area contributed by atoms with Crippen LogP contribution in [0.15, 0.2) is 71.9 Å². The molecular formula is C25H30IN5O. The van der Waals surface area contributed by atoms with Crippen molar-refractivity contribution in [1.82, 2.24) is 20.1 Å². The molecule has 2 unspecified atom stereocenters. The molecule has 6 nitrogen and oxygen atoms in total. The minimum atomic E-state index is 0. The van der Waals surface area contributed by atoms with Gasteiger partial charge in [0, 0.05) is 51.4 Å². The third-order valence-electron chi connectivity index (χ3n) is 6.31. The summed E-state index contributed by atoms with van der Waals surface area (Å²) in [7, 11) is 1.86. The lowest BCUT2D eigenvalue weighted by Gasteiger charge is -2.36. The lowest BCUT2D eigenvalue weighted by atomic mass is 10.1. The fraction of sp³-hybridized carbons (Fsp3) is 0.360. The molecule has 5 rings (SSSR count). The quantitative estimate of drug-likeness (QED) is 0.310. The van der Waals surface area contributed by atoms with E-state index < -0.39 is 0 Å². The summed E-state index contributed by atoms with van der Waals surface area (Å²) in [4.78, 5) is 14.0. The van der Waals surface area contributed by atoms with Crippen molar-refractivity contribution in [2.24, 2.45) is 4.99 Å². The summed E-state index contributed by atoms with van der Waals surface area (Å²) in [6, 6.07) is 21.5. The molecule has 7 heteroatoms. The smallest absolute Gasteiger partial charge is 0.194 e. The zero-order valence-corrected chi connectivity index (χ0v) is 20.7. The van der Waals surface area contributed by atoms with E-state index in [-0.39, 0.29) is 30.1 Å². The summed E-state index contributed by atoms with van der Waals surface area (Å²) in [6.07, 6.45) is 2.07. The van der Waals surface area contributed by atoms with E-state index in [0.29, 0.717) is 12.6 Å². The van der Waals surface area contributed by atoms with Crippen molar-refractivity contribution >= 4 is 40.8 Å². The Morgan fingerprint density at radius 2 is 1.94 bits per heavy atom. The number of pyridine rings is 1. The third kappa shape index (κ3) is 4.89. The van der Waals surface area contributed by atoms with Gasteiger partial charge in [0.05, 0.1) is 24.3 Å². The number of likely N-dealkylation sites (tertiary alicyclic amines) is 1. The summed E-state index contributed by atoms with van der Waals surface area (Å²) in [5, 5.41) is 4.72. The highest BCUT2D eigenvalue weighted by molar-refractivity contribution is 14.0. The summed E-state index contributed by atoms with van der Waals surface area (Å²) < 4.78 is 6.14. The fourth-order valence-electron chi connectivity index (χ4n) is 4.76. The maximum Gasteiger partial charge on any atom is 0.194 e. The van der Waals surface area contributed by atoms with Crippen molar-refractivity contribution in [3.8, 4) is 0 Å². The molecule has 0 radical (unpaired) electrons. The van der Waals surface area contributed by atoms with Crippen LogP contribution in [0.3, 0.4) is 0 Å². The molecule has 2 saturated heterocycles. The molecule has 168 valence electrons. The molecule has 2 aliphatic heterocycles. The Morgan fingerprint density at radius 1 is 1.09 bits per heavy atom. The Hall–Kier alpha value is -2.23. The maximum absolute atomic E-state index is 6.14. The van der Waals surface area contributed by atoms with Crippen LogP contribution in [0, 0.1) is 0 Å². The highest BCUT2D eigenvalue weighted by Gasteiger charge is 2.41. The van der Waals surface area contributed by atoms with Gasteiger partial charge >= 0.3 is 0 Å². The SMILES string of the molecule is CN=C(NCc1cccc2cccnc12)N1CC2OCCN(Cc3ccccc3)C2C1.I. The van der Waals surface area contributed by atoms with Crippen LogP contribution in [0.5, 0.6) is 0 Å². The lowest BCUT2D eigenvalue weighted by molar-refractivity contribution is -0.0502. The monoisotopic (exact) mass is 543 g/mol. The Bertz CT molecular complexity index is 1060. The van der Waals surface area contributed by atoms with Gasteiger partial charge in [-0.3, -0.25) is 14.9 Å². The summed E-state index contributed by atoms with van der Waals surface area (Å²) in [5.74, 6) is 0.922. The van der Waals surface area contributed by atoms with Crippen LogP contribution in [0.1, 0.15) is 11.1 Å². The number of guanidine groups is 1. The molecule has 2 aliphatic rings. The number of benzene rings is 2. The van der Waals surface area contributed by atoms with E-state index in [1.54, 1.807) is 0 Å². The standard InChI is InChI=1S/C25H29N5O.HI/c1-26-25(28-15-21-10-5-9-20-11-6-12-27-24(20)21)30-17-22-23(18-30)31-14-13-29(22)16-19-7-3-2-4-8-19;/h2-12,22-23H,13-18H2,1H3,(H,26,28);1H. The molecule has 1 N–H and O–H groups in total. The number of aromatic nitrogens is 1. The van der Waals surface area contributed by atoms with Crippen molar-refractivity contribution in [2.75, 3.05) is 33.3 Å². The van der Waals surface area contributed by atoms with Gasteiger partial charge in [-0.15, -0.1) is 24.0 Å². The van der Waals surface area contributed by atoms with E-state index in [9.17, 15) is 0 Å². The molecule has 0 amide bonds. The first kappa shape index (κ1) is 22.9. The molecule has 0 bridgehead atoms. The number of para-hydroxylation sites is 1. The number of nitrogens with one attached hydrogen (secondary N) is 1. The first-order valence-electron chi connectivity index (χ1n) is 11.0. The van der Waals surface area contributed by atoms with Crippen LogP contribution >= 0.6 is 24.0 Å². The van der Waals surface area contributed by atoms with E-state index in [1.807, 2.05) is 19.3 Å². The second-order valence-electron chi connectivity index (χ2n) is 8.23. The van der Waals surface area contributed by atoms with Gasteiger partial charge in [0.1, 0.15) is 0 Å². The molecule has 2 atom stereocenters. The van der Waals surface area contributed by atoms with Crippen molar-refractivity contribution in [3.63, 3.8) is 0 Å². The first-order valence-corrected chi connectivity index (χ1v) is 11.0. The Morgan fingerprint density at radius 3 is 2.78 bits per heavy atom. The second-order valence-corrected chi connectivity index (χ2v) is 8.23. The van der Waals surface area contributed by atoms with Gasteiger partial charge in [-0.2, -0.15) is 0 Å². The zero-order valence-electron chi connectivity index (χ0n) is 18.4. The molecule has 3 heterocycles. The minimum absolute atomic E-state index is 0. The molecule has 0 saturated carbocycles. The molecular weight excluding hydrogens is 513 g/mol. The maximum atomic E-state index is 6.14. The zero-order chi connectivity index (χ0) is 21.0. The minimum Gasteiger partial charge on any atom is -0.373 e. The number of halogens is 1. The van der Waals surface area contributed by atoms with Crippen LogP contribution in [0.25, 0.3) is 10.9 Å². The largest absolute Gasteiger partial charge is 0.373 e. The molecule has 0 spiro atoms. The number of fused-ring (bicyclic) bond motifs is 2. The van der Waals surface area contributed by atoms with Crippen LogP contribution in [-0.4, -0.2) is 66.2 Å². The van der Waals surface area contributed by atoms with Crippen molar-refractivity contribution in [3.05, 3.63) is 78.0 Å². The van der Waals surface area contributed by atoms with Gasteiger partial charge in [0.15, 0.2) is 5.96 Å². The van der Waals surface area contributed by atoms with Gasteiger partial charge in [-0.1, -0.05) is 54.6 Å². The van der Waals surface area contributed by atoms with Crippen molar-refractivity contribution < 1.29 is 4.74 Å². The molecule has 3 aromatic rings. The number of aliphatic imine (C=N–C) groups is 1. The second kappa shape index (κ2) is 10.6. The average molecular weight is 543 g/mol. The Kier molecular flexibility index (Phi) is 7.59. The number of rotatable bonds is 4. The molecule has 1 aromatic heterocycles. The molecule has 0 aliphatic carbocycles. The predicted octanol–water partition coefficient (Wildman–Crippen LogP) is 3.51. The van der Waals surface area contributed by atoms with Crippen molar-refractivity contribution in [2.45, 2.75) is 25.2 Å². The molecule has 2 fully saturated rings. The van der Waals surface area contributed by atoms with E-state index in [2.05, 4.69) is 79.7 Å². The molecule has 2 aromatic carbocycles. The average Bonchev–Trinajstić information content (AvgIpc) is 3.25. The Balaban J connectivity index is 0.00000245.